The van der Waals surface area contributed by atoms with Crippen LogP contribution in [0.3, 0.4) is 0 Å². The Kier molecular flexibility index (Phi) is 5.36. The molecule has 0 spiro atoms. The van der Waals surface area contributed by atoms with Crippen molar-refractivity contribution in [3.63, 3.8) is 0 Å². The van der Waals surface area contributed by atoms with Gasteiger partial charge in [0.2, 0.25) is 5.91 Å². The standard InChI is InChI=1S/C19H24N2O4/c22-17(14-5-2-1-3-6-14)20-9-11-21(12-10-20)18(23)15-7-4-8-16(13-15)19(24)25/h1-3,5-6,15-16H,4,7-13H2,(H,24,25). The van der Waals surface area contributed by atoms with Crippen LogP contribution in [-0.4, -0.2) is 58.9 Å². The first kappa shape index (κ1) is 17.5. The smallest absolute Gasteiger partial charge is 0.306 e. The van der Waals surface area contributed by atoms with Crippen LogP contribution in [0.2, 0.25) is 0 Å². The maximum absolute atomic E-state index is 12.7. The number of carbonyl (C=O) groups is 3. The third-order valence-corrected chi connectivity index (χ3v) is 5.27. The molecule has 1 heterocycles. The summed E-state index contributed by atoms with van der Waals surface area (Å²) in [4.78, 5) is 39.9. The summed E-state index contributed by atoms with van der Waals surface area (Å²) in [5.41, 5.74) is 0.666. The van der Waals surface area contributed by atoms with Gasteiger partial charge in [0.05, 0.1) is 5.92 Å². The highest BCUT2D eigenvalue weighted by atomic mass is 16.4. The Balaban J connectivity index is 1.54. The maximum atomic E-state index is 12.7. The lowest BCUT2D eigenvalue weighted by molar-refractivity contribution is -0.146. The summed E-state index contributed by atoms with van der Waals surface area (Å²) >= 11 is 0. The molecule has 2 atom stereocenters. The van der Waals surface area contributed by atoms with E-state index < -0.39 is 11.9 Å². The Bertz CT molecular complexity index is 638. The van der Waals surface area contributed by atoms with Gasteiger partial charge in [-0.1, -0.05) is 24.6 Å². The Labute approximate surface area is 147 Å². The van der Waals surface area contributed by atoms with Gasteiger partial charge in [-0.05, 0) is 31.4 Å². The van der Waals surface area contributed by atoms with Gasteiger partial charge in [-0.25, -0.2) is 0 Å². The summed E-state index contributed by atoms with van der Waals surface area (Å²) in [6.07, 6.45) is 2.67. The molecular formula is C19H24N2O4. The van der Waals surface area contributed by atoms with E-state index in [-0.39, 0.29) is 17.7 Å². The van der Waals surface area contributed by atoms with Crippen LogP contribution in [0.4, 0.5) is 0 Å². The largest absolute Gasteiger partial charge is 0.481 e. The Morgan fingerprint density at radius 2 is 1.48 bits per heavy atom. The number of aliphatic carboxylic acids is 1. The number of hydrogen-bond acceptors (Lipinski definition) is 3. The fraction of sp³-hybridized carbons (Fsp3) is 0.526. The lowest BCUT2D eigenvalue weighted by Crippen LogP contribution is -2.52. The van der Waals surface area contributed by atoms with E-state index in [1.165, 1.54) is 0 Å². The number of amides is 2. The van der Waals surface area contributed by atoms with Crippen LogP contribution in [-0.2, 0) is 9.59 Å². The summed E-state index contributed by atoms with van der Waals surface area (Å²) in [7, 11) is 0. The Morgan fingerprint density at radius 3 is 2.12 bits per heavy atom. The molecule has 1 aromatic carbocycles. The monoisotopic (exact) mass is 344 g/mol. The highest BCUT2D eigenvalue weighted by molar-refractivity contribution is 5.94. The van der Waals surface area contributed by atoms with Crippen LogP contribution in [0.15, 0.2) is 30.3 Å². The van der Waals surface area contributed by atoms with Gasteiger partial charge in [0.1, 0.15) is 0 Å². The normalized spacial score (nSPS) is 24.0. The minimum atomic E-state index is -0.796. The van der Waals surface area contributed by atoms with Gasteiger partial charge >= 0.3 is 5.97 Å². The molecule has 0 aromatic heterocycles. The van der Waals surface area contributed by atoms with Gasteiger partial charge < -0.3 is 14.9 Å². The second kappa shape index (κ2) is 7.68. The van der Waals surface area contributed by atoms with Crippen molar-refractivity contribution in [2.75, 3.05) is 26.2 Å². The van der Waals surface area contributed by atoms with E-state index in [4.69, 9.17) is 0 Å². The number of carboxylic acids is 1. The fourth-order valence-corrected chi connectivity index (χ4v) is 3.79. The molecule has 1 aliphatic heterocycles. The molecule has 3 rings (SSSR count). The minimum absolute atomic E-state index is 0.00342. The Morgan fingerprint density at radius 1 is 0.880 bits per heavy atom. The number of nitrogens with zero attached hydrogens (tertiary/aromatic N) is 2. The zero-order valence-electron chi connectivity index (χ0n) is 14.3. The molecule has 2 amide bonds. The molecule has 2 unspecified atom stereocenters. The molecule has 1 aliphatic carbocycles. The fourth-order valence-electron chi connectivity index (χ4n) is 3.79. The average Bonchev–Trinajstić information content (AvgIpc) is 2.67. The van der Waals surface area contributed by atoms with Crippen LogP contribution in [0.1, 0.15) is 36.0 Å². The molecule has 6 heteroatoms. The summed E-state index contributed by atoms with van der Waals surface area (Å²) in [5.74, 6) is -1.33. The highest BCUT2D eigenvalue weighted by Gasteiger charge is 2.34. The van der Waals surface area contributed by atoms with Gasteiger partial charge in [-0.2, -0.15) is 0 Å². The predicted octanol–water partition coefficient (Wildman–Crippen LogP) is 1.86. The number of benzene rings is 1. The van der Waals surface area contributed by atoms with Crippen molar-refractivity contribution in [3.05, 3.63) is 35.9 Å². The molecule has 25 heavy (non-hydrogen) atoms. The van der Waals surface area contributed by atoms with Gasteiger partial charge in [0.15, 0.2) is 0 Å². The lowest BCUT2D eigenvalue weighted by Gasteiger charge is -2.37. The van der Waals surface area contributed by atoms with E-state index in [1.807, 2.05) is 18.2 Å². The van der Waals surface area contributed by atoms with Crippen molar-refractivity contribution in [2.45, 2.75) is 25.7 Å². The van der Waals surface area contributed by atoms with Crippen LogP contribution >= 0.6 is 0 Å². The van der Waals surface area contributed by atoms with E-state index >= 15 is 0 Å². The number of carbonyl (C=O) groups excluding carboxylic acids is 2. The number of carboxylic acid groups (broad SMARTS) is 1. The third kappa shape index (κ3) is 4.00. The number of rotatable bonds is 3. The zero-order chi connectivity index (χ0) is 17.8. The second-order valence-electron chi connectivity index (χ2n) is 6.88. The van der Waals surface area contributed by atoms with Crippen molar-refractivity contribution < 1.29 is 19.5 Å². The van der Waals surface area contributed by atoms with Crippen LogP contribution in [0.5, 0.6) is 0 Å². The van der Waals surface area contributed by atoms with E-state index in [0.717, 1.165) is 12.8 Å². The molecule has 6 nitrogen and oxygen atoms in total. The summed E-state index contributed by atoms with van der Waals surface area (Å²) < 4.78 is 0. The van der Waals surface area contributed by atoms with Crippen molar-refractivity contribution in [3.8, 4) is 0 Å². The summed E-state index contributed by atoms with van der Waals surface area (Å²) in [5, 5.41) is 9.18. The molecule has 2 fully saturated rings. The molecule has 1 N–H and O–H groups in total. The molecular weight excluding hydrogens is 320 g/mol. The summed E-state index contributed by atoms with van der Waals surface area (Å²) in [6, 6.07) is 9.16. The maximum Gasteiger partial charge on any atom is 0.306 e. The molecule has 1 aromatic rings. The Hall–Kier alpha value is -2.37. The molecule has 134 valence electrons. The molecule has 0 radical (unpaired) electrons. The van der Waals surface area contributed by atoms with Gasteiger partial charge in [-0.15, -0.1) is 0 Å². The topological polar surface area (TPSA) is 77.9 Å². The summed E-state index contributed by atoms with van der Waals surface area (Å²) in [6.45, 7) is 2.08. The van der Waals surface area contributed by atoms with Crippen LogP contribution < -0.4 is 0 Å². The van der Waals surface area contributed by atoms with Gasteiger partial charge in [0.25, 0.3) is 5.91 Å². The molecule has 1 saturated carbocycles. The second-order valence-corrected chi connectivity index (χ2v) is 6.88. The van der Waals surface area contributed by atoms with E-state index in [2.05, 4.69) is 0 Å². The minimum Gasteiger partial charge on any atom is -0.481 e. The molecule has 2 aliphatic rings. The first-order valence-electron chi connectivity index (χ1n) is 8.92. The lowest BCUT2D eigenvalue weighted by atomic mass is 9.80. The molecule has 0 bridgehead atoms. The van der Waals surface area contributed by atoms with Crippen LogP contribution in [0.25, 0.3) is 0 Å². The quantitative estimate of drug-likeness (QED) is 0.908. The van der Waals surface area contributed by atoms with Crippen molar-refractivity contribution in [2.24, 2.45) is 11.8 Å². The first-order valence-corrected chi connectivity index (χ1v) is 8.92. The number of hydrogen-bond donors (Lipinski definition) is 1. The first-order chi connectivity index (χ1) is 12.1. The van der Waals surface area contributed by atoms with Crippen molar-refractivity contribution in [1.29, 1.82) is 0 Å². The van der Waals surface area contributed by atoms with E-state index in [1.54, 1.807) is 21.9 Å². The van der Waals surface area contributed by atoms with Gasteiger partial charge in [0, 0.05) is 37.7 Å². The van der Waals surface area contributed by atoms with Crippen molar-refractivity contribution >= 4 is 17.8 Å². The average molecular weight is 344 g/mol. The van der Waals surface area contributed by atoms with E-state index in [9.17, 15) is 19.5 Å². The van der Waals surface area contributed by atoms with Crippen molar-refractivity contribution in [1.82, 2.24) is 9.80 Å². The zero-order valence-corrected chi connectivity index (χ0v) is 14.3. The molecule has 1 saturated heterocycles. The highest BCUT2D eigenvalue weighted by Crippen LogP contribution is 2.30. The SMILES string of the molecule is O=C(O)C1CCCC(C(=O)N2CCN(C(=O)c3ccccc3)CC2)C1. The third-order valence-electron chi connectivity index (χ3n) is 5.27. The van der Waals surface area contributed by atoms with Crippen LogP contribution in [0, 0.1) is 11.8 Å². The van der Waals surface area contributed by atoms with E-state index in [0.29, 0.717) is 44.6 Å². The predicted molar refractivity (Wildman–Crippen MR) is 92.0 cm³/mol. The number of piperazine rings is 1. The van der Waals surface area contributed by atoms with Gasteiger partial charge in [-0.3, -0.25) is 14.4 Å².